The number of hydrogen-bond donors (Lipinski definition) is 1. The second-order valence-corrected chi connectivity index (χ2v) is 6.75. The average molecular weight is 372 g/mol. The Balaban J connectivity index is 1.60. The molecule has 8 heteroatoms. The minimum Gasteiger partial charge on any atom is -0.366 e. The number of para-hydroxylation sites is 1. The first-order chi connectivity index (χ1) is 13.0. The number of rotatable bonds is 6. The number of aromatic nitrogens is 2. The van der Waals surface area contributed by atoms with Crippen LogP contribution in [0.5, 0.6) is 0 Å². The van der Waals surface area contributed by atoms with E-state index in [9.17, 15) is 9.18 Å². The van der Waals surface area contributed by atoms with Gasteiger partial charge in [0.25, 0.3) is 5.91 Å². The average Bonchev–Trinajstić information content (AvgIpc) is 2.68. The van der Waals surface area contributed by atoms with Crippen LogP contribution in [-0.4, -0.2) is 74.1 Å². The van der Waals surface area contributed by atoms with E-state index in [1.165, 1.54) is 12.4 Å². The Kier molecular flexibility index (Phi) is 6.18. The van der Waals surface area contributed by atoms with Crippen LogP contribution in [0.15, 0.2) is 36.7 Å². The lowest BCUT2D eigenvalue weighted by Crippen LogP contribution is -2.47. The molecule has 1 saturated heterocycles. The number of likely N-dealkylation sites (N-methyl/N-ethyl adjacent to an activating group) is 1. The van der Waals surface area contributed by atoms with Gasteiger partial charge in [0.1, 0.15) is 23.7 Å². The highest BCUT2D eigenvalue weighted by Crippen LogP contribution is 2.22. The number of nitrogens with one attached hydrogen (secondary N) is 1. The van der Waals surface area contributed by atoms with E-state index in [4.69, 9.17) is 0 Å². The zero-order valence-electron chi connectivity index (χ0n) is 15.7. The molecular weight excluding hydrogens is 347 g/mol. The molecule has 1 aliphatic heterocycles. The first-order valence-corrected chi connectivity index (χ1v) is 9.04. The van der Waals surface area contributed by atoms with Crippen LogP contribution in [0.1, 0.15) is 10.5 Å². The number of amides is 1. The van der Waals surface area contributed by atoms with Gasteiger partial charge in [0.05, 0.1) is 5.69 Å². The standard InChI is InChI=1S/C19H25FN6O/c1-24(2)8-7-21-19(27)16-13-18(23-14-22-16)26-11-9-25(10-12-26)17-6-4-3-5-15(17)20/h3-6,13-14H,7-12H2,1-2H3,(H,21,27). The van der Waals surface area contributed by atoms with E-state index in [2.05, 4.69) is 20.2 Å². The molecule has 0 spiro atoms. The second kappa shape index (κ2) is 8.77. The number of hydrogen-bond acceptors (Lipinski definition) is 6. The maximum Gasteiger partial charge on any atom is 0.270 e. The first-order valence-electron chi connectivity index (χ1n) is 9.04. The van der Waals surface area contributed by atoms with E-state index >= 15 is 0 Å². The molecule has 1 aromatic heterocycles. The van der Waals surface area contributed by atoms with E-state index in [1.807, 2.05) is 30.0 Å². The molecule has 1 aromatic carbocycles. The fourth-order valence-electron chi connectivity index (χ4n) is 3.01. The fraction of sp³-hybridized carbons (Fsp3) is 0.421. The lowest BCUT2D eigenvalue weighted by atomic mass is 10.2. The van der Waals surface area contributed by atoms with Gasteiger partial charge in [-0.05, 0) is 26.2 Å². The summed E-state index contributed by atoms with van der Waals surface area (Å²) >= 11 is 0. The van der Waals surface area contributed by atoms with Crippen molar-refractivity contribution in [1.29, 1.82) is 0 Å². The number of anilines is 2. The Hall–Kier alpha value is -2.74. The molecule has 27 heavy (non-hydrogen) atoms. The highest BCUT2D eigenvalue weighted by atomic mass is 19.1. The Morgan fingerprint density at radius 2 is 1.85 bits per heavy atom. The van der Waals surface area contributed by atoms with Crippen molar-refractivity contribution in [2.45, 2.75) is 0 Å². The highest BCUT2D eigenvalue weighted by Gasteiger charge is 2.21. The van der Waals surface area contributed by atoms with E-state index in [1.54, 1.807) is 18.2 Å². The summed E-state index contributed by atoms with van der Waals surface area (Å²) < 4.78 is 14.0. The van der Waals surface area contributed by atoms with Gasteiger partial charge in [-0.15, -0.1) is 0 Å². The zero-order valence-corrected chi connectivity index (χ0v) is 15.7. The van der Waals surface area contributed by atoms with Crippen LogP contribution in [0.3, 0.4) is 0 Å². The molecule has 0 unspecified atom stereocenters. The maximum atomic E-state index is 14.0. The molecule has 7 nitrogen and oxygen atoms in total. The molecule has 1 N–H and O–H groups in total. The van der Waals surface area contributed by atoms with Gasteiger partial charge in [0.15, 0.2) is 0 Å². The predicted molar refractivity (Wildman–Crippen MR) is 104 cm³/mol. The van der Waals surface area contributed by atoms with Crippen LogP contribution < -0.4 is 15.1 Å². The summed E-state index contributed by atoms with van der Waals surface area (Å²) in [5, 5.41) is 2.86. The van der Waals surface area contributed by atoms with E-state index in [0.717, 1.165) is 12.4 Å². The highest BCUT2D eigenvalue weighted by molar-refractivity contribution is 5.92. The fourth-order valence-corrected chi connectivity index (χ4v) is 3.01. The summed E-state index contributed by atoms with van der Waals surface area (Å²) in [6.07, 6.45) is 1.42. The van der Waals surface area contributed by atoms with Crippen molar-refractivity contribution in [3.05, 3.63) is 48.2 Å². The van der Waals surface area contributed by atoms with Gasteiger partial charge in [0, 0.05) is 45.3 Å². The van der Waals surface area contributed by atoms with Crippen LogP contribution >= 0.6 is 0 Å². The van der Waals surface area contributed by atoms with Crippen molar-refractivity contribution in [2.24, 2.45) is 0 Å². The third-order valence-electron chi connectivity index (χ3n) is 4.53. The van der Waals surface area contributed by atoms with Crippen LogP contribution in [0.4, 0.5) is 15.9 Å². The van der Waals surface area contributed by atoms with Gasteiger partial charge in [-0.25, -0.2) is 14.4 Å². The topological polar surface area (TPSA) is 64.6 Å². The van der Waals surface area contributed by atoms with Crippen LogP contribution in [0.25, 0.3) is 0 Å². The molecule has 1 aliphatic rings. The number of carbonyl (C=O) groups excluding carboxylic acids is 1. The van der Waals surface area contributed by atoms with Crippen LogP contribution in [0.2, 0.25) is 0 Å². The number of piperazine rings is 1. The van der Waals surface area contributed by atoms with Crippen LogP contribution in [-0.2, 0) is 0 Å². The third kappa shape index (κ3) is 4.91. The maximum absolute atomic E-state index is 14.0. The summed E-state index contributed by atoms with van der Waals surface area (Å²) in [5.41, 5.74) is 0.982. The molecule has 0 aliphatic carbocycles. The summed E-state index contributed by atoms with van der Waals surface area (Å²) in [6, 6.07) is 8.53. The number of carbonyl (C=O) groups is 1. The smallest absolute Gasteiger partial charge is 0.270 e. The normalized spacial score (nSPS) is 14.5. The number of nitrogens with zero attached hydrogens (tertiary/aromatic N) is 5. The minimum absolute atomic E-state index is 0.203. The minimum atomic E-state index is -0.204. The largest absolute Gasteiger partial charge is 0.366 e. The second-order valence-electron chi connectivity index (χ2n) is 6.75. The lowest BCUT2D eigenvalue weighted by molar-refractivity contribution is 0.0946. The third-order valence-corrected chi connectivity index (χ3v) is 4.53. The Morgan fingerprint density at radius 3 is 2.56 bits per heavy atom. The molecule has 1 fully saturated rings. The molecule has 3 rings (SSSR count). The zero-order chi connectivity index (χ0) is 19.2. The van der Waals surface area contributed by atoms with Gasteiger partial charge in [-0.2, -0.15) is 0 Å². The Bertz CT molecular complexity index is 776. The Labute approximate surface area is 158 Å². The summed E-state index contributed by atoms with van der Waals surface area (Å²) in [7, 11) is 3.91. The summed E-state index contributed by atoms with van der Waals surface area (Å²) in [6.45, 7) is 4.11. The predicted octanol–water partition coefficient (Wildman–Crippen LogP) is 1.23. The van der Waals surface area contributed by atoms with Gasteiger partial charge >= 0.3 is 0 Å². The SMILES string of the molecule is CN(C)CCNC(=O)c1cc(N2CCN(c3ccccc3F)CC2)ncn1. The monoisotopic (exact) mass is 372 g/mol. The molecule has 0 atom stereocenters. The molecule has 2 heterocycles. The van der Waals surface area contributed by atoms with Crippen molar-refractivity contribution >= 4 is 17.4 Å². The summed E-state index contributed by atoms with van der Waals surface area (Å²) in [4.78, 5) is 26.8. The first kappa shape index (κ1) is 19.0. The molecule has 144 valence electrons. The van der Waals surface area contributed by atoms with Crippen molar-refractivity contribution < 1.29 is 9.18 Å². The molecule has 0 saturated carbocycles. The molecule has 0 radical (unpaired) electrons. The van der Waals surface area contributed by atoms with E-state index < -0.39 is 0 Å². The van der Waals surface area contributed by atoms with Crippen molar-refractivity contribution in [2.75, 3.05) is 63.2 Å². The van der Waals surface area contributed by atoms with Gasteiger partial charge in [0.2, 0.25) is 0 Å². The quantitative estimate of drug-likeness (QED) is 0.823. The van der Waals surface area contributed by atoms with Crippen molar-refractivity contribution in [3.63, 3.8) is 0 Å². The molecule has 0 bridgehead atoms. The van der Waals surface area contributed by atoms with Crippen molar-refractivity contribution in [3.8, 4) is 0 Å². The Morgan fingerprint density at radius 1 is 1.15 bits per heavy atom. The molecule has 1 amide bonds. The summed E-state index contributed by atoms with van der Waals surface area (Å²) in [5.74, 6) is 0.311. The van der Waals surface area contributed by atoms with E-state index in [-0.39, 0.29) is 11.7 Å². The number of halogens is 1. The lowest BCUT2D eigenvalue weighted by Gasteiger charge is -2.36. The van der Waals surface area contributed by atoms with Crippen molar-refractivity contribution in [1.82, 2.24) is 20.2 Å². The number of benzene rings is 1. The molecule has 2 aromatic rings. The van der Waals surface area contributed by atoms with E-state index in [0.29, 0.717) is 44.1 Å². The van der Waals surface area contributed by atoms with Gasteiger partial charge in [-0.3, -0.25) is 4.79 Å². The molecular formula is C19H25FN6O. The van der Waals surface area contributed by atoms with Crippen LogP contribution in [0, 0.1) is 5.82 Å². The van der Waals surface area contributed by atoms with Gasteiger partial charge in [-0.1, -0.05) is 12.1 Å². The van der Waals surface area contributed by atoms with Gasteiger partial charge < -0.3 is 20.0 Å².